The molecule has 1 heterocycles. The van der Waals surface area contributed by atoms with Gasteiger partial charge in [-0.2, -0.15) is 0 Å². The Kier molecular flexibility index (Phi) is 6.10. The second kappa shape index (κ2) is 7.40. The second-order valence-corrected chi connectivity index (χ2v) is 4.19. The van der Waals surface area contributed by atoms with Crippen LogP contribution < -0.4 is 16.0 Å². The third kappa shape index (κ3) is 5.27. The number of methoxy groups -OCH3 is 1. The summed E-state index contributed by atoms with van der Waals surface area (Å²) in [5.74, 6) is 0.130. The van der Waals surface area contributed by atoms with E-state index in [-0.39, 0.29) is 11.9 Å². The Hall–Kier alpha value is -0.880. The van der Waals surface area contributed by atoms with Gasteiger partial charge in [0.05, 0.1) is 0 Å². The van der Waals surface area contributed by atoms with Crippen molar-refractivity contribution in [1.82, 2.24) is 16.0 Å². The average molecular weight is 245 g/mol. The van der Waals surface area contributed by atoms with Crippen molar-refractivity contribution < 1.29 is 9.53 Å². The summed E-state index contributed by atoms with van der Waals surface area (Å²) in [5, 5.41) is 9.68. The highest BCUT2D eigenvalue weighted by molar-refractivity contribution is 7.80. The van der Waals surface area contributed by atoms with E-state index in [0.717, 1.165) is 26.0 Å². The third-order valence-electron chi connectivity index (χ3n) is 2.40. The van der Waals surface area contributed by atoms with Crippen LogP contribution in [-0.2, 0) is 9.53 Å². The van der Waals surface area contributed by atoms with Gasteiger partial charge in [0.15, 0.2) is 5.11 Å². The van der Waals surface area contributed by atoms with E-state index in [4.69, 9.17) is 17.0 Å². The first-order valence-corrected chi connectivity index (χ1v) is 5.93. The summed E-state index contributed by atoms with van der Waals surface area (Å²) in [6, 6.07) is 0.214. The van der Waals surface area contributed by atoms with Gasteiger partial charge in [-0.3, -0.25) is 4.79 Å². The zero-order valence-corrected chi connectivity index (χ0v) is 10.4. The van der Waals surface area contributed by atoms with Gasteiger partial charge in [-0.05, 0) is 25.1 Å². The molecule has 1 aliphatic heterocycles. The SMILES string of the molecule is COCCCNC(=S)NCC1CCC(=O)N1. The van der Waals surface area contributed by atoms with Gasteiger partial charge >= 0.3 is 0 Å². The number of hydrogen-bond donors (Lipinski definition) is 3. The van der Waals surface area contributed by atoms with Gasteiger partial charge in [0.25, 0.3) is 0 Å². The molecule has 0 radical (unpaired) electrons. The van der Waals surface area contributed by atoms with Crippen molar-refractivity contribution >= 4 is 23.2 Å². The second-order valence-electron chi connectivity index (χ2n) is 3.79. The molecule has 92 valence electrons. The fraction of sp³-hybridized carbons (Fsp3) is 0.800. The lowest BCUT2D eigenvalue weighted by molar-refractivity contribution is -0.119. The Morgan fingerprint density at radius 2 is 2.44 bits per heavy atom. The molecule has 1 unspecified atom stereocenters. The van der Waals surface area contributed by atoms with Crippen molar-refractivity contribution in [2.24, 2.45) is 0 Å². The fourth-order valence-electron chi connectivity index (χ4n) is 1.53. The summed E-state index contributed by atoms with van der Waals surface area (Å²) in [4.78, 5) is 10.9. The molecule has 1 atom stereocenters. The summed E-state index contributed by atoms with van der Waals surface area (Å²) in [6.45, 7) is 2.23. The first kappa shape index (κ1) is 13.2. The summed E-state index contributed by atoms with van der Waals surface area (Å²) in [5.41, 5.74) is 0. The molecule has 1 rings (SSSR count). The average Bonchev–Trinajstić information content (AvgIpc) is 2.68. The molecule has 1 aliphatic rings. The number of nitrogens with one attached hydrogen (secondary N) is 3. The van der Waals surface area contributed by atoms with Crippen LogP contribution >= 0.6 is 12.2 Å². The minimum Gasteiger partial charge on any atom is -0.385 e. The van der Waals surface area contributed by atoms with Crippen LogP contribution in [0.3, 0.4) is 0 Å². The van der Waals surface area contributed by atoms with E-state index in [1.54, 1.807) is 7.11 Å². The molecule has 16 heavy (non-hydrogen) atoms. The Morgan fingerprint density at radius 1 is 1.62 bits per heavy atom. The lowest BCUT2D eigenvalue weighted by Gasteiger charge is -2.14. The van der Waals surface area contributed by atoms with Crippen molar-refractivity contribution in [3.05, 3.63) is 0 Å². The van der Waals surface area contributed by atoms with Crippen LogP contribution in [0.2, 0.25) is 0 Å². The smallest absolute Gasteiger partial charge is 0.220 e. The van der Waals surface area contributed by atoms with Crippen molar-refractivity contribution in [3.8, 4) is 0 Å². The van der Waals surface area contributed by atoms with Crippen LogP contribution in [0.5, 0.6) is 0 Å². The number of hydrogen-bond acceptors (Lipinski definition) is 3. The number of thiocarbonyl (C=S) groups is 1. The maximum Gasteiger partial charge on any atom is 0.220 e. The van der Waals surface area contributed by atoms with Gasteiger partial charge < -0.3 is 20.7 Å². The topological polar surface area (TPSA) is 62.4 Å². The monoisotopic (exact) mass is 245 g/mol. The van der Waals surface area contributed by atoms with E-state index >= 15 is 0 Å². The molecular weight excluding hydrogens is 226 g/mol. The molecule has 5 nitrogen and oxygen atoms in total. The van der Waals surface area contributed by atoms with E-state index in [9.17, 15) is 4.79 Å². The van der Waals surface area contributed by atoms with Crippen molar-refractivity contribution in [3.63, 3.8) is 0 Å². The molecule has 1 saturated heterocycles. The molecule has 3 N–H and O–H groups in total. The van der Waals surface area contributed by atoms with E-state index in [1.807, 2.05) is 0 Å². The summed E-state index contributed by atoms with van der Waals surface area (Å²) in [7, 11) is 1.68. The highest BCUT2D eigenvalue weighted by Crippen LogP contribution is 2.04. The first-order chi connectivity index (χ1) is 7.72. The molecule has 1 amide bonds. The van der Waals surface area contributed by atoms with Crippen LogP contribution in [0, 0.1) is 0 Å². The lowest BCUT2D eigenvalue weighted by atomic mass is 10.2. The van der Waals surface area contributed by atoms with Crippen molar-refractivity contribution in [2.45, 2.75) is 25.3 Å². The lowest BCUT2D eigenvalue weighted by Crippen LogP contribution is -2.43. The highest BCUT2D eigenvalue weighted by atomic mass is 32.1. The third-order valence-corrected chi connectivity index (χ3v) is 2.69. The van der Waals surface area contributed by atoms with Gasteiger partial charge in [-0.15, -0.1) is 0 Å². The molecule has 0 saturated carbocycles. The normalized spacial score (nSPS) is 19.3. The standard InChI is InChI=1S/C10H19N3O2S/c1-15-6-2-5-11-10(16)12-7-8-3-4-9(14)13-8/h8H,2-7H2,1H3,(H,13,14)(H2,11,12,16). The van der Waals surface area contributed by atoms with Crippen molar-refractivity contribution in [2.75, 3.05) is 26.8 Å². The van der Waals surface area contributed by atoms with Gasteiger partial charge in [-0.25, -0.2) is 0 Å². The van der Waals surface area contributed by atoms with E-state index in [1.165, 1.54) is 0 Å². The quantitative estimate of drug-likeness (QED) is 0.445. The van der Waals surface area contributed by atoms with Crippen LogP contribution in [0.1, 0.15) is 19.3 Å². The Morgan fingerprint density at radius 3 is 3.06 bits per heavy atom. The Balaban J connectivity index is 1.99. The first-order valence-electron chi connectivity index (χ1n) is 5.52. The summed E-state index contributed by atoms with van der Waals surface area (Å²) < 4.78 is 4.93. The molecule has 0 spiro atoms. The molecule has 1 fully saturated rings. The molecular formula is C10H19N3O2S. The number of amides is 1. The number of carbonyl (C=O) groups is 1. The predicted molar refractivity (Wildman–Crippen MR) is 66.3 cm³/mol. The predicted octanol–water partition coefficient (Wildman–Crippen LogP) is -0.234. The van der Waals surface area contributed by atoms with Crippen LogP contribution in [0.25, 0.3) is 0 Å². The maximum absolute atomic E-state index is 10.9. The number of carbonyl (C=O) groups excluding carboxylic acids is 1. The Labute approximate surface area is 101 Å². The maximum atomic E-state index is 10.9. The van der Waals surface area contributed by atoms with E-state index < -0.39 is 0 Å². The minimum absolute atomic E-state index is 0.130. The molecule has 0 aromatic rings. The van der Waals surface area contributed by atoms with E-state index in [0.29, 0.717) is 18.1 Å². The van der Waals surface area contributed by atoms with Crippen LogP contribution in [0.15, 0.2) is 0 Å². The van der Waals surface area contributed by atoms with Gasteiger partial charge in [0.2, 0.25) is 5.91 Å². The van der Waals surface area contributed by atoms with Gasteiger partial charge in [0.1, 0.15) is 0 Å². The molecule has 0 aliphatic carbocycles. The number of ether oxygens (including phenoxy) is 1. The van der Waals surface area contributed by atoms with Crippen molar-refractivity contribution in [1.29, 1.82) is 0 Å². The molecule has 0 aromatic carbocycles. The van der Waals surface area contributed by atoms with Crippen LogP contribution in [-0.4, -0.2) is 43.9 Å². The molecule has 0 bridgehead atoms. The fourth-order valence-corrected chi connectivity index (χ4v) is 1.71. The zero-order chi connectivity index (χ0) is 11.8. The summed E-state index contributed by atoms with van der Waals surface area (Å²) >= 11 is 5.09. The minimum atomic E-state index is 0.130. The largest absolute Gasteiger partial charge is 0.385 e. The van der Waals surface area contributed by atoms with Gasteiger partial charge in [-0.1, -0.05) is 0 Å². The van der Waals surface area contributed by atoms with Crippen LogP contribution in [0.4, 0.5) is 0 Å². The highest BCUT2D eigenvalue weighted by Gasteiger charge is 2.20. The molecule has 0 aromatic heterocycles. The molecule has 6 heteroatoms. The zero-order valence-electron chi connectivity index (χ0n) is 9.54. The van der Waals surface area contributed by atoms with E-state index in [2.05, 4.69) is 16.0 Å². The summed E-state index contributed by atoms with van der Waals surface area (Å²) in [6.07, 6.45) is 2.44. The van der Waals surface area contributed by atoms with Gasteiger partial charge in [0, 0.05) is 39.3 Å². The number of rotatable bonds is 6. The Bertz CT molecular complexity index is 248.